The minimum absolute atomic E-state index is 0.379. The molecular formula is C13H26N2. The van der Waals surface area contributed by atoms with Crippen LogP contribution in [-0.4, -0.2) is 30.1 Å². The van der Waals surface area contributed by atoms with Gasteiger partial charge >= 0.3 is 0 Å². The lowest BCUT2D eigenvalue weighted by molar-refractivity contribution is 0.0999. The maximum Gasteiger partial charge on any atom is 0.0334 e. The molecule has 88 valence electrons. The Balaban J connectivity index is 2.03. The average Bonchev–Trinajstić information content (AvgIpc) is 2.49. The van der Waals surface area contributed by atoms with E-state index in [0.29, 0.717) is 5.54 Å². The maximum atomic E-state index is 6.07. The number of rotatable bonds is 2. The number of nitrogens with zero attached hydrogens (tertiary/aromatic N) is 1. The van der Waals surface area contributed by atoms with Gasteiger partial charge in [0.25, 0.3) is 0 Å². The van der Waals surface area contributed by atoms with Crippen LogP contribution in [-0.2, 0) is 0 Å². The Morgan fingerprint density at radius 3 is 2.33 bits per heavy atom. The van der Waals surface area contributed by atoms with Crippen LogP contribution in [0.3, 0.4) is 0 Å². The van der Waals surface area contributed by atoms with Crippen molar-refractivity contribution in [2.75, 3.05) is 19.6 Å². The minimum atomic E-state index is 0.379. The molecule has 0 aromatic carbocycles. The van der Waals surface area contributed by atoms with Crippen molar-refractivity contribution in [2.45, 2.75) is 57.4 Å². The largest absolute Gasteiger partial charge is 0.329 e. The Bertz CT molecular complexity index is 197. The molecule has 2 nitrogen and oxygen atoms in total. The molecular weight excluding hydrogens is 184 g/mol. The van der Waals surface area contributed by atoms with E-state index in [0.717, 1.165) is 12.5 Å². The Hall–Kier alpha value is -0.0800. The third-order valence-electron chi connectivity index (χ3n) is 4.49. The van der Waals surface area contributed by atoms with Crippen molar-refractivity contribution < 1.29 is 0 Å². The van der Waals surface area contributed by atoms with E-state index < -0.39 is 0 Å². The zero-order valence-corrected chi connectivity index (χ0v) is 10.2. The molecule has 2 unspecified atom stereocenters. The summed E-state index contributed by atoms with van der Waals surface area (Å²) in [6.07, 6.45) is 9.67. The minimum Gasteiger partial charge on any atom is -0.329 e. The van der Waals surface area contributed by atoms with Crippen molar-refractivity contribution in [2.24, 2.45) is 11.7 Å². The molecule has 1 aliphatic carbocycles. The number of hydrogen-bond acceptors (Lipinski definition) is 2. The normalized spacial score (nSPS) is 39.2. The predicted octanol–water partition coefficient (Wildman–Crippen LogP) is 2.38. The van der Waals surface area contributed by atoms with Crippen LogP contribution in [0.2, 0.25) is 0 Å². The molecule has 2 N–H and O–H groups in total. The highest BCUT2D eigenvalue weighted by Gasteiger charge is 2.40. The second-order valence-electron chi connectivity index (χ2n) is 5.68. The van der Waals surface area contributed by atoms with E-state index in [2.05, 4.69) is 11.8 Å². The summed E-state index contributed by atoms with van der Waals surface area (Å²) in [6.45, 7) is 5.85. The molecule has 2 aliphatic rings. The monoisotopic (exact) mass is 210 g/mol. The molecule has 2 fully saturated rings. The van der Waals surface area contributed by atoms with Crippen molar-refractivity contribution in [3.05, 3.63) is 0 Å². The summed E-state index contributed by atoms with van der Waals surface area (Å²) >= 11 is 0. The molecule has 0 radical (unpaired) electrons. The first-order valence-corrected chi connectivity index (χ1v) is 6.72. The lowest BCUT2D eigenvalue weighted by atomic mass is 9.93. The first-order valence-electron chi connectivity index (χ1n) is 6.72. The fraction of sp³-hybridized carbons (Fsp3) is 1.00. The highest BCUT2D eigenvalue weighted by Crippen LogP contribution is 2.39. The van der Waals surface area contributed by atoms with Gasteiger partial charge in [-0.05, 0) is 51.1 Å². The molecule has 1 aliphatic heterocycles. The van der Waals surface area contributed by atoms with Crippen molar-refractivity contribution >= 4 is 0 Å². The summed E-state index contributed by atoms with van der Waals surface area (Å²) in [7, 11) is 0. The van der Waals surface area contributed by atoms with E-state index in [1.165, 1.54) is 58.0 Å². The highest BCUT2D eigenvalue weighted by atomic mass is 15.2. The number of nitrogens with two attached hydrogens (primary N) is 1. The third kappa shape index (κ3) is 2.36. The van der Waals surface area contributed by atoms with E-state index in [1.807, 2.05) is 0 Å². The first-order chi connectivity index (χ1) is 7.27. The summed E-state index contributed by atoms with van der Waals surface area (Å²) in [5.41, 5.74) is 6.45. The maximum absolute atomic E-state index is 6.07. The summed E-state index contributed by atoms with van der Waals surface area (Å²) in [5, 5.41) is 0. The van der Waals surface area contributed by atoms with Gasteiger partial charge in [-0.3, -0.25) is 4.90 Å². The van der Waals surface area contributed by atoms with Gasteiger partial charge in [0, 0.05) is 12.1 Å². The Kier molecular flexibility index (Phi) is 3.68. The summed E-state index contributed by atoms with van der Waals surface area (Å²) in [5.74, 6) is 0.886. The summed E-state index contributed by atoms with van der Waals surface area (Å²) < 4.78 is 0. The zero-order valence-electron chi connectivity index (χ0n) is 10.2. The van der Waals surface area contributed by atoms with Crippen LogP contribution in [0.15, 0.2) is 0 Å². The fourth-order valence-electron chi connectivity index (χ4n) is 3.51. The molecule has 2 rings (SSSR count). The topological polar surface area (TPSA) is 29.3 Å². The van der Waals surface area contributed by atoms with Gasteiger partial charge in [0.05, 0.1) is 0 Å². The molecule has 1 saturated heterocycles. The van der Waals surface area contributed by atoms with Crippen LogP contribution in [0.25, 0.3) is 0 Å². The molecule has 0 aromatic rings. The van der Waals surface area contributed by atoms with E-state index in [-0.39, 0.29) is 0 Å². The van der Waals surface area contributed by atoms with E-state index >= 15 is 0 Å². The highest BCUT2D eigenvalue weighted by molar-refractivity contribution is 4.98. The smallest absolute Gasteiger partial charge is 0.0334 e. The van der Waals surface area contributed by atoms with Crippen LogP contribution in [0.1, 0.15) is 51.9 Å². The average molecular weight is 210 g/mol. The molecule has 0 bridgehead atoms. The van der Waals surface area contributed by atoms with Gasteiger partial charge in [0.1, 0.15) is 0 Å². The van der Waals surface area contributed by atoms with E-state index in [1.54, 1.807) is 0 Å². The molecule has 2 atom stereocenters. The molecule has 0 amide bonds. The molecule has 0 aromatic heterocycles. The standard InChI is InChI=1S/C13H26N2/c1-12-6-7-13(10-12,11-14)15-8-4-2-3-5-9-15/h12H,2-11,14H2,1H3. The lowest BCUT2D eigenvalue weighted by Gasteiger charge is -2.40. The molecule has 0 spiro atoms. The van der Waals surface area contributed by atoms with Crippen LogP contribution >= 0.6 is 0 Å². The second kappa shape index (κ2) is 4.84. The Labute approximate surface area is 94.2 Å². The summed E-state index contributed by atoms with van der Waals surface area (Å²) in [6, 6.07) is 0. The summed E-state index contributed by atoms with van der Waals surface area (Å²) in [4.78, 5) is 2.73. The van der Waals surface area contributed by atoms with Crippen LogP contribution in [0, 0.1) is 5.92 Å². The lowest BCUT2D eigenvalue weighted by Crippen LogP contribution is -2.52. The number of hydrogen-bond donors (Lipinski definition) is 1. The van der Waals surface area contributed by atoms with Gasteiger partial charge in [-0.25, -0.2) is 0 Å². The molecule has 15 heavy (non-hydrogen) atoms. The van der Waals surface area contributed by atoms with E-state index in [9.17, 15) is 0 Å². The second-order valence-corrected chi connectivity index (χ2v) is 5.68. The first kappa shape index (κ1) is 11.4. The van der Waals surface area contributed by atoms with Gasteiger partial charge in [-0.15, -0.1) is 0 Å². The number of likely N-dealkylation sites (tertiary alicyclic amines) is 1. The van der Waals surface area contributed by atoms with Gasteiger partial charge < -0.3 is 5.73 Å². The van der Waals surface area contributed by atoms with Gasteiger partial charge in [0.15, 0.2) is 0 Å². The molecule has 1 saturated carbocycles. The zero-order chi connectivity index (χ0) is 10.7. The Morgan fingerprint density at radius 2 is 1.87 bits per heavy atom. The van der Waals surface area contributed by atoms with E-state index in [4.69, 9.17) is 5.73 Å². The van der Waals surface area contributed by atoms with Crippen molar-refractivity contribution in [1.82, 2.24) is 4.90 Å². The fourth-order valence-corrected chi connectivity index (χ4v) is 3.51. The third-order valence-corrected chi connectivity index (χ3v) is 4.49. The molecule has 2 heteroatoms. The van der Waals surface area contributed by atoms with Crippen LogP contribution in [0.5, 0.6) is 0 Å². The van der Waals surface area contributed by atoms with Crippen molar-refractivity contribution in [1.29, 1.82) is 0 Å². The van der Waals surface area contributed by atoms with Gasteiger partial charge in [-0.2, -0.15) is 0 Å². The SMILES string of the molecule is CC1CCC(CN)(N2CCCCCC2)C1. The van der Waals surface area contributed by atoms with Crippen molar-refractivity contribution in [3.63, 3.8) is 0 Å². The predicted molar refractivity (Wildman–Crippen MR) is 64.8 cm³/mol. The van der Waals surface area contributed by atoms with Crippen LogP contribution in [0.4, 0.5) is 0 Å². The van der Waals surface area contributed by atoms with Crippen LogP contribution < -0.4 is 5.73 Å². The van der Waals surface area contributed by atoms with Gasteiger partial charge in [-0.1, -0.05) is 19.8 Å². The Morgan fingerprint density at radius 1 is 1.20 bits per heavy atom. The quantitative estimate of drug-likeness (QED) is 0.758. The molecule has 1 heterocycles. The van der Waals surface area contributed by atoms with Gasteiger partial charge in [0.2, 0.25) is 0 Å². The van der Waals surface area contributed by atoms with Crippen molar-refractivity contribution in [3.8, 4) is 0 Å².